The lowest BCUT2D eigenvalue weighted by atomic mass is 10.1. The molecule has 0 aliphatic heterocycles. The maximum Gasteiger partial charge on any atom is 0.387 e. The first-order valence-corrected chi connectivity index (χ1v) is 6.65. The normalized spacial score (nSPS) is 10.7. The summed E-state index contributed by atoms with van der Waals surface area (Å²) in [5.41, 5.74) is 0.147. The Morgan fingerprint density at radius 2 is 2.19 bits per heavy atom. The van der Waals surface area contributed by atoms with Crippen LogP contribution in [-0.2, 0) is 4.74 Å². The highest BCUT2D eigenvalue weighted by atomic mass is 79.9. The molecule has 2 rings (SSSR count). The molecule has 0 saturated heterocycles. The molecule has 0 aliphatic carbocycles. The van der Waals surface area contributed by atoms with Gasteiger partial charge < -0.3 is 9.47 Å². The fourth-order valence-corrected chi connectivity index (χ4v) is 2.21. The smallest absolute Gasteiger partial charge is 0.387 e. The third kappa shape index (κ3) is 3.35. The number of rotatable bonds is 5. The predicted octanol–water partition coefficient (Wildman–Crippen LogP) is 3.01. The van der Waals surface area contributed by atoms with E-state index in [1.165, 1.54) is 12.1 Å². The summed E-state index contributed by atoms with van der Waals surface area (Å²) in [6.45, 7) is -1.21. The van der Waals surface area contributed by atoms with Crippen LogP contribution in [0.1, 0.15) is 17.4 Å². The first-order chi connectivity index (χ1) is 10.0. The van der Waals surface area contributed by atoms with E-state index in [4.69, 9.17) is 4.74 Å². The van der Waals surface area contributed by atoms with Gasteiger partial charge in [0, 0.05) is 4.47 Å². The lowest BCUT2D eigenvalue weighted by Gasteiger charge is -2.11. The minimum Gasteiger partial charge on any atom is -0.461 e. The van der Waals surface area contributed by atoms with Gasteiger partial charge in [-0.25, -0.2) is 4.79 Å². The van der Waals surface area contributed by atoms with Gasteiger partial charge in [-0.1, -0.05) is 6.07 Å². The third-order valence-electron chi connectivity index (χ3n) is 2.44. The fraction of sp³-hybridized carbons (Fsp3) is 0.250. The number of aromatic nitrogens is 3. The fourth-order valence-electron chi connectivity index (χ4n) is 1.68. The van der Waals surface area contributed by atoms with E-state index in [0.29, 0.717) is 4.47 Å². The SMILES string of the molecule is CCOC(=O)c1n[nH]nc1-c1c(Br)cccc1OC(F)F. The summed E-state index contributed by atoms with van der Waals surface area (Å²) in [6, 6.07) is 4.47. The topological polar surface area (TPSA) is 77.1 Å². The van der Waals surface area contributed by atoms with Crippen LogP contribution in [0.15, 0.2) is 22.7 Å². The number of esters is 1. The standard InChI is InChI=1S/C12H10BrF2N3O3/c1-2-20-11(19)10-9(16-18-17-10)8-6(13)4-3-5-7(8)21-12(14)15/h3-5,12H,2H2,1H3,(H,16,17,18). The van der Waals surface area contributed by atoms with Crippen LogP contribution in [0, 0.1) is 0 Å². The highest BCUT2D eigenvalue weighted by molar-refractivity contribution is 9.10. The Kier molecular flexibility index (Phi) is 4.84. The van der Waals surface area contributed by atoms with Crippen molar-refractivity contribution in [2.75, 3.05) is 6.61 Å². The number of hydrogen-bond acceptors (Lipinski definition) is 5. The average molecular weight is 362 g/mol. The molecule has 0 aliphatic rings. The second-order valence-corrected chi connectivity index (χ2v) is 4.59. The molecule has 112 valence electrons. The summed E-state index contributed by atoms with van der Waals surface area (Å²) in [6.07, 6.45) is 0. The maximum atomic E-state index is 12.5. The molecular formula is C12H10BrF2N3O3. The van der Waals surface area contributed by atoms with Crippen molar-refractivity contribution in [3.63, 3.8) is 0 Å². The van der Waals surface area contributed by atoms with E-state index < -0.39 is 12.6 Å². The number of carbonyl (C=O) groups is 1. The molecule has 1 N–H and O–H groups in total. The number of carbonyl (C=O) groups excluding carboxylic acids is 1. The zero-order valence-corrected chi connectivity index (χ0v) is 12.4. The van der Waals surface area contributed by atoms with E-state index >= 15 is 0 Å². The molecule has 0 saturated carbocycles. The molecule has 0 bridgehead atoms. The molecule has 0 atom stereocenters. The van der Waals surface area contributed by atoms with Crippen molar-refractivity contribution in [3.8, 4) is 17.0 Å². The van der Waals surface area contributed by atoms with Gasteiger partial charge in [-0.15, -0.1) is 5.10 Å². The first kappa shape index (κ1) is 15.4. The number of nitrogens with zero attached hydrogens (tertiary/aromatic N) is 2. The monoisotopic (exact) mass is 361 g/mol. The molecular weight excluding hydrogens is 352 g/mol. The van der Waals surface area contributed by atoms with Gasteiger partial charge in [-0.05, 0) is 35.0 Å². The summed E-state index contributed by atoms with van der Waals surface area (Å²) in [4.78, 5) is 11.8. The van der Waals surface area contributed by atoms with Crippen molar-refractivity contribution in [1.82, 2.24) is 15.4 Å². The van der Waals surface area contributed by atoms with Crippen molar-refractivity contribution in [2.24, 2.45) is 0 Å². The quantitative estimate of drug-likeness (QED) is 0.828. The van der Waals surface area contributed by atoms with E-state index in [1.54, 1.807) is 13.0 Å². The van der Waals surface area contributed by atoms with E-state index in [9.17, 15) is 13.6 Å². The van der Waals surface area contributed by atoms with Crippen LogP contribution in [0.2, 0.25) is 0 Å². The van der Waals surface area contributed by atoms with Gasteiger partial charge in [0.05, 0.1) is 12.2 Å². The second-order valence-electron chi connectivity index (χ2n) is 3.73. The molecule has 1 aromatic heterocycles. The van der Waals surface area contributed by atoms with Crippen LogP contribution in [0.3, 0.4) is 0 Å². The summed E-state index contributed by atoms with van der Waals surface area (Å²) in [7, 11) is 0. The Morgan fingerprint density at radius 3 is 2.86 bits per heavy atom. The van der Waals surface area contributed by atoms with Gasteiger partial charge in [0.25, 0.3) is 0 Å². The summed E-state index contributed by atoms with van der Waals surface area (Å²) in [5, 5.41) is 9.80. The predicted molar refractivity (Wildman–Crippen MR) is 72.1 cm³/mol. The Hall–Kier alpha value is -2.03. The van der Waals surface area contributed by atoms with Crippen LogP contribution in [0.25, 0.3) is 11.3 Å². The van der Waals surface area contributed by atoms with Gasteiger partial charge in [-0.3, -0.25) is 0 Å². The molecule has 9 heteroatoms. The Balaban J connectivity index is 2.52. The van der Waals surface area contributed by atoms with Gasteiger partial charge in [0.1, 0.15) is 11.4 Å². The number of aromatic amines is 1. The molecule has 21 heavy (non-hydrogen) atoms. The lowest BCUT2D eigenvalue weighted by molar-refractivity contribution is -0.0494. The van der Waals surface area contributed by atoms with Crippen LogP contribution in [-0.4, -0.2) is 34.6 Å². The molecule has 1 heterocycles. The van der Waals surface area contributed by atoms with Crippen LogP contribution >= 0.6 is 15.9 Å². The zero-order valence-electron chi connectivity index (χ0n) is 10.8. The van der Waals surface area contributed by atoms with E-state index in [1.807, 2.05) is 0 Å². The third-order valence-corrected chi connectivity index (χ3v) is 3.11. The molecule has 0 unspecified atom stereocenters. The van der Waals surface area contributed by atoms with Crippen molar-refractivity contribution in [3.05, 3.63) is 28.4 Å². The molecule has 0 radical (unpaired) electrons. The van der Waals surface area contributed by atoms with Gasteiger partial charge in [0.15, 0.2) is 5.69 Å². The number of halogens is 3. The number of benzene rings is 1. The molecule has 1 aromatic carbocycles. The number of alkyl halides is 2. The molecule has 0 amide bonds. The van der Waals surface area contributed by atoms with E-state index in [-0.39, 0.29) is 29.3 Å². The van der Waals surface area contributed by atoms with E-state index in [0.717, 1.165) is 0 Å². The minimum atomic E-state index is -3.00. The molecule has 0 fully saturated rings. The number of nitrogens with one attached hydrogen (secondary N) is 1. The maximum absolute atomic E-state index is 12.5. The van der Waals surface area contributed by atoms with Crippen molar-refractivity contribution < 1.29 is 23.0 Å². The highest BCUT2D eigenvalue weighted by Crippen LogP contribution is 2.37. The summed E-state index contributed by atoms with van der Waals surface area (Å²) >= 11 is 3.22. The van der Waals surface area contributed by atoms with Crippen molar-refractivity contribution >= 4 is 21.9 Å². The Labute approximate surface area is 126 Å². The molecule has 2 aromatic rings. The van der Waals surface area contributed by atoms with Crippen LogP contribution in [0.4, 0.5) is 8.78 Å². The van der Waals surface area contributed by atoms with Gasteiger partial charge in [-0.2, -0.15) is 19.1 Å². The largest absolute Gasteiger partial charge is 0.461 e. The van der Waals surface area contributed by atoms with Crippen molar-refractivity contribution in [1.29, 1.82) is 0 Å². The Bertz CT molecular complexity index is 648. The summed E-state index contributed by atoms with van der Waals surface area (Å²) < 4.78 is 34.7. The van der Waals surface area contributed by atoms with E-state index in [2.05, 4.69) is 36.1 Å². The lowest BCUT2D eigenvalue weighted by Crippen LogP contribution is -2.08. The molecule has 0 spiro atoms. The molecule has 6 nitrogen and oxygen atoms in total. The minimum absolute atomic E-state index is 0.0663. The highest BCUT2D eigenvalue weighted by Gasteiger charge is 2.24. The average Bonchev–Trinajstić information content (AvgIpc) is 2.87. The number of H-pyrrole nitrogens is 1. The second kappa shape index (κ2) is 6.61. The van der Waals surface area contributed by atoms with Crippen LogP contribution < -0.4 is 4.74 Å². The number of ether oxygens (including phenoxy) is 2. The van der Waals surface area contributed by atoms with Crippen molar-refractivity contribution in [2.45, 2.75) is 13.5 Å². The number of hydrogen-bond donors (Lipinski definition) is 1. The van der Waals surface area contributed by atoms with Crippen LogP contribution in [0.5, 0.6) is 5.75 Å². The van der Waals surface area contributed by atoms with Gasteiger partial charge >= 0.3 is 12.6 Å². The first-order valence-electron chi connectivity index (χ1n) is 5.86. The Morgan fingerprint density at radius 1 is 1.43 bits per heavy atom. The zero-order chi connectivity index (χ0) is 15.4. The van der Waals surface area contributed by atoms with Gasteiger partial charge in [0.2, 0.25) is 0 Å². The summed E-state index contributed by atoms with van der Waals surface area (Å²) in [5.74, 6) is -0.834.